The average Bonchev–Trinajstić information content (AvgIpc) is 2.42. The summed E-state index contributed by atoms with van der Waals surface area (Å²) in [6.45, 7) is 4.39. The van der Waals surface area contributed by atoms with Crippen molar-refractivity contribution in [3.8, 4) is 11.5 Å². The lowest BCUT2D eigenvalue weighted by Crippen LogP contribution is -2.38. The molecule has 106 valence electrons. The van der Waals surface area contributed by atoms with Gasteiger partial charge in [0, 0.05) is 0 Å². The van der Waals surface area contributed by atoms with Gasteiger partial charge in [-0.3, -0.25) is 0 Å². The molecule has 1 aromatic carbocycles. The molecule has 1 fully saturated rings. The van der Waals surface area contributed by atoms with E-state index in [-0.39, 0.29) is 5.92 Å². The normalized spacial score (nSPS) is 31.0. The Morgan fingerprint density at radius 1 is 1.16 bits per heavy atom. The van der Waals surface area contributed by atoms with Gasteiger partial charge in [0.15, 0.2) is 11.5 Å². The fraction of sp³-hybridized carbons (Fsp3) is 0.625. The average molecular weight is 264 g/mol. The van der Waals surface area contributed by atoms with E-state index in [2.05, 4.69) is 13.8 Å². The maximum absolute atomic E-state index is 11.0. The zero-order valence-corrected chi connectivity index (χ0v) is 12.3. The van der Waals surface area contributed by atoms with Gasteiger partial charge in [-0.2, -0.15) is 0 Å². The summed E-state index contributed by atoms with van der Waals surface area (Å²) in [5.74, 6) is 2.33. The highest BCUT2D eigenvalue weighted by Gasteiger charge is 2.40. The lowest BCUT2D eigenvalue weighted by atomic mass is 9.69. The molecule has 0 saturated heterocycles. The van der Waals surface area contributed by atoms with E-state index in [9.17, 15) is 5.11 Å². The number of benzene rings is 1. The minimum Gasteiger partial charge on any atom is -0.493 e. The van der Waals surface area contributed by atoms with Crippen LogP contribution in [0.5, 0.6) is 11.5 Å². The molecule has 3 heteroatoms. The van der Waals surface area contributed by atoms with E-state index in [1.54, 1.807) is 14.2 Å². The Balaban J connectivity index is 2.35. The molecule has 0 aromatic heterocycles. The molecule has 0 bridgehead atoms. The number of methoxy groups -OCH3 is 2. The maximum Gasteiger partial charge on any atom is 0.161 e. The van der Waals surface area contributed by atoms with Crippen molar-refractivity contribution in [2.45, 2.75) is 38.7 Å². The van der Waals surface area contributed by atoms with Crippen molar-refractivity contribution in [3.05, 3.63) is 23.8 Å². The van der Waals surface area contributed by atoms with Crippen molar-refractivity contribution in [3.63, 3.8) is 0 Å². The van der Waals surface area contributed by atoms with E-state index >= 15 is 0 Å². The fourth-order valence-corrected chi connectivity index (χ4v) is 3.16. The molecule has 1 aliphatic carbocycles. The van der Waals surface area contributed by atoms with Crippen molar-refractivity contribution in [1.82, 2.24) is 0 Å². The quantitative estimate of drug-likeness (QED) is 0.910. The fourth-order valence-electron chi connectivity index (χ4n) is 3.16. The predicted molar refractivity (Wildman–Crippen MR) is 75.6 cm³/mol. The van der Waals surface area contributed by atoms with Crippen LogP contribution in [0.15, 0.2) is 18.2 Å². The first kappa shape index (κ1) is 14.2. The Kier molecular flexibility index (Phi) is 4.04. The number of hydrogen-bond donors (Lipinski definition) is 1. The molecule has 1 aliphatic rings. The molecule has 0 spiro atoms. The highest BCUT2D eigenvalue weighted by atomic mass is 16.5. The third-order valence-electron chi connectivity index (χ3n) is 4.47. The van der Waals surface area contributed by atoms with Crippen molar-refractivity contribution in [1.29, 1.82) is 0 Å². The summed E-state index contributed by atoms with van der Waals surface area (Å²) in [5, 5.41) is 11.0. The van der Waals surface area contributed by atoms with Gasteiger partial charge < -0.3 is 14.6 Å². The first-order chi connectivity index (χ1) is 9.01. The summed E-state index contributed by atoms with van der Waals surface area (Å²) in [6, 6.07) is 5.73. The van der Waals surface area contributed by atoms with Crippen LogP contribution < -0.4 is 9.47 Å². The molecule has 3 atom stereocenters. The smallest absolute Gasteiger partial charge is 0.161 e. The molecule has 1 aromatic rings. The van der Waals surface area contributed by atoms with E-state index in [0.717, 1.165) is 24.8 Å². The second-order valence-corrected chi connectivity index (χ2v) is 5.77. The van der Waals surface area contributed by atoms with Crippen LogP contribution >= 0.6 is 0 Å². The highest BCUT2D eigenvalue weighted by molar-refractivity contribution is 5.44. The van der Waals surface area contributed by atoms with Crippen LogP contribution in [0, 0.1) is 11.8 Å². The van der Waals surface area contributed by atoms with Gasteiger partial charge in [-0.1, -0.05) is 19.9 Å². The standard InChI is InChI=1S/C16H24O3/c1-11-7-8-16(17,12(2)9-11)13-5-6-14(18-3)15(10-13)19-4/h5-6,10-12,17H,7-9H2,1-4H3. The third kappa shape index (κ3) is 2.57. The first-order valence-electron chi connectivity index (χ1n) is 6.96. The molecular weight excluding hydrogens is 240 g/mol. The molecule has 3 unspecified atom stereocenters. The summed E-state index contributed by atoms with van der Waals surface area (Å²) in [6.07, 6.45) is 2.94. The molecule has 19 heavy (non-hydrogen) atoms. The van der Waals surface area contributed by atoms with Crippen LogP contribution in [0.2, 0.25) is 0 Å². The summed E-state index contributed by atoms with van der Waals surface area (Å²) in [4.78, 5) is 0. The van der Waals surface area contributed by atoms with Gasteiger partial charge in [0.05, 0.1) is 19.8 Å². The molecule has 1 N–H and O–H groups in total. The Hall–Kier alpha value is -1.22. The summed E-state index contributed by atoms with van der Waals surface area (Å²) in [5.41, 5.74) is 0.191. The number of hydrogen-bond acceptors (Lipinski definition) is 3. The van der Waals surface area contributed by atoms with Gasteiger partial charge in [0.1, 0.15) is 0 Å². The first-order valence-corrected chi connectivity index (χ1v) is 6.96. The van der Waals surface area contributed by atoms with Crippen LogP contribution in [0.25, 0.3) is 0 Å². The lowest BCUT2D eigenvalue weighted by molar-refractivity contribution is -0.0589. The van der Waals surface area contributed by atoms with Crippen molar-refractivity contribution < 1.29 is 14.6 Å². The maximum atomic E-state index is 11.0. The Morgan fingerprint density at radius 3 is 2.42 bits per heavy atom. The summed E-state index contributed by atoms with van der Waals surface area (Å²) in [7, 11) is 3.25. The van der Waals surface area contributed by atoms with Crippen LogP contribution in [0.3, 0.4) is 0 Å². The molecule has 0 aliphatic heterocycles. The Labute approximate surface area is 115 Å². The highest BCUT2D eigenvalue weighted by Crippen LogP contribution is 2.45. The van der Waals surface area contributed by atoms with Gasteiger partial charge in [-0.25, -0.2) is 0 Å². The molecule has 0 radical (unpaired) electrons. The molecular formula is C16H24O3. The Bertz CT molecular complexity index is 444. The summed E-state index contributed by atoms with van der Waals surface area (Å²) < 4.78 is 10.6. The van der Waals surface area contributed by atoms with Crippen LogP contribution in [-0.2, 0) is 5.60 Å². The second kappa shape index (κ2) is 5.41. The monoisotopic (exact) mass is 264 g/mol. The largest absolute Gasteiger partial charge is 0.493 e. The van der Waals surface area contributed by atoms with E-state index in [1.807, 2.05) is 18.2 Å². The van der Waals surface area contributed by atoms with Crippen LogP contribution in [0.4, 0.5) is 0 Å². The third-order valence-corrected chi connectivity index (χ3v) is 4.47. The summed E-state index contributed by atoms with van der Waals surface area (Å²) >= 11 is 0. The number of ether oxygens (including phenoxy) is 2. The molecule has 0 heterocycles. The SMILES string of the molecule is COc1ccc(C2(O)CCC(C)CC2C)cc1OC. The van der Waals surface area contributed by atoms with E-state index < -0.39 is 5.60 Å². The van der Waals surface area contributed by atoms with Gasteiger partial charge in [-0.05, 0) is 48.8 Å². The van der Waals surface area contributed by atoms with Gasteiger partial charge in [-0.15, -0.1) is 0 Å². The van der Waals surface area contributed by atoms with Gasteiger partial charge in [0.25, 0.3) is 0 Å². The zero-order chi connectivity index (χ0) is 14.0. The van der Waals surface area contributed by atoms with Crippen molar-refractivity contribution in [2.75, 3.05) is 14.2 Å². The van der Waals surface area contributed by atoms with Gasteiger partial charge in [0.2, 0.25) is 0 Å². The van der Waals surface area contributed by atoms with Crippen LogP contribution in [-0.4, -0.2) is 19.3 Å². The minimum absolute atomic E-state index is 0.259. The minimum atomic E-state index is -0.744. The number of rotatable bonds is 3. The lowest BCUT2D eigenvalue weighted by Gasteiger charge is -2.41. The zero-order valence-electron chi connectivity index (χ0n) is 12.3. The Morgan fingerprint density at radius 2 is 1.84 bits per heavy atom. The van der Waals surface area contributed by atoms with E-state index in [0.29, 0.717) is 17.4 Å². The van der Waals surface area contributed by atoms with Crippen LogP contribution in [0.1, 0.15) is 38.7 Å². The molecule has 1 saturated carbocycles. The van der Waals surface area contributed by atoms with E-state index in [1.165, 1.54) is 0 Å². The van der Waals surface area contributed by atoms with Gasteiger partial charge >= 0.3 is 0 Å². The topological polar surface area (TPSA) is 38.7 Å². The van der Waals surface area contributed by atoms with E-state index in [4.69, 9.17) is 9.47 Å². The molecule has 3 nitrogen and oxygen atoms in total. The number of aliphatic hydroxyl groups is 1. The molecule has 0 amide bonds. The van der Waals surface area contributed by atoms with Crippen molar-refractivity contribution >= 4 is 0 Å². The molecule has 2 rings (SSSR count). The predicted octanol–water partition coefficient (Wildman–Crippen LogP) is 3.35. The second-order valence-electron chi connectivity index (χ2n) is 5.77. The van der Waals surface area contributed by atoms with Crippen molar-refractivity contribution in [2.24, 2.45) is 11.8 Å².